The van der Waals surface area contributed by atoms with Gasteiger partial charge in [0.1, 0.15) is 11.7 Å². The molecule has 0 saturated carbocycles. The number of carbonyl (C=O) groups excluding carboxylic acids is 1. The number of ether oxygens (including phenoxy) is 2. The summed E-state index contributed by atoms with van der Waals surface area (Å²) in [5, 5.41) is 17.3. The number of hydrogen-bond donors (Lipinski definition) is 2. The van der Waals surface area contributed by atoms with Gasteiger partial charge in [0.05, 0.1) is 16.7 Å². The molecule has 33 heavy (non-hydrogen) atoms. The van der Waals surface area contributed by atoms with Crippen LogP contribution in [0.3, 0.4) is 0 Å². The first kappa shape index (κ1) is 23.9. The molecule has 3 rings (SSSR count). The second-order valence-corrected chi connectivity index (χ2v) is 7.18. The second kappa shape index (κ2) is 11.2. The van der Waals surface area contributed by atoms with Gasteiger partial charge in [-0.05, 0) is 25.0 Å². The van der Waals surface area contributed by atoms with Crippen molar-refractivity contribution < 1.29 is 28.0 Å². The van der Waals surface area contributed by atoms with Crippen molar-refractivity contribution in [3.63, 3.8) is 0 Å². The van der Waals surface area contributed by atoms with E-state index < -0.39 is 35.3 Å². The maximum absolute atomic E-state index is 12.9. The lowest BCUT2D eigenvalue weighted by atomic mass is 9.87. The van der Waals surface area contributed by atoms with Crippen molar-refractivity contribution >= 4 is 5.97 Å². The first-order chi connectivity index (χ1) is 15.9. The monoisotopic (exact) mass is 459 g/mol. The van der Waals surface area contributed by atoms with E-state index in [1.807, 2.05) is 30.3 Å². The summed E-state index contributed by atoms with van der Waals surface area (Å²) >= 11 is 0. The molecule has 0 fully saturated rings. The van der Waals surface area contributed by atoms with Gasteiger partial charge in [-0.3, -0.25) is 15.4 Å². The minimum atomic E-state index is -3.14. The fraction of sp³-hybridized carbons (Fsp3) is 0.261. The van der Waals surface area contributed by atoms with E-state index in [9.17, 15) is 23.7 Å². The molecule has 10 heteroatoms. The van der Waals surface area contributed by atoms with Gasteiger partial charge in [-0.15, -0.1) is 0 Å². The summed E-state index contributed by atoms with van der Waals surface area (Å²) in [4.78, 5) is 23.9. The van der Waals surface area contributed by atoms with E-state index in [4.69, 9.17) is 4.74 Å². The van der Waals surface area contributed by atoms with Crippen LogP contribution in [0.4, 0.5) is 8.78 Å². The van der Waals surface area contributed by atoms with Gasteiger partial charge in [-0.1, -0.05) is 48.5 Å². The summed E-state index contributed by atoms with van der Waals surface area (Å²) in [7, 11) is 0. The lowest BCUT2D eigenvalue weighted by molar-refractivity contribution is -0.429. The molecule has 1 heterocycles. The van der Waals surface area contributed by atoms with Crippen LogP contribution in [0.25, 0.3) is 0 Å². The van der Waals surface area contributed by atoms with Gasteiger partial charge in [0.15, 0.2) is 6.23 Å². The summed E-state index contributed by atoms with van der Waals surface area (Å²) in [6.45, 7) is -0.971. The van der Waals surface area contributed by atoms with Crippen molar-refractivity contribution in [1.29, 1.82) is 0 Å². The number of para-hydroxylation sites is 1. The molecule has 174 valence electrons. The molecule has 2 N–H and O–H groups in total. The number of halogens is 2. The Kier molecular flexibility index (Phi) is 8.09. The van der Waals surface area contributed by atoms with Gasteiger partial charge in [0.25, 0.3) is 5.70 Å². The first-order valence-corrected chi connectivity index (χ1v) is 10.2. The zero-order valence-corrected chi connectivity index (χ0v) is 17.7. The number of nitrogens with one attached hydrogen (secondary N) is 2. The molecule has 0 bridgehead atoms. The number of allylic oxidation sites excluding steroid dienone is 1. The number of nitrogens with zero attached hydrogens (tertiary/aromatic N) is 1. The molecule has 0 spiro atoms. The van der Waals surface area contributed by atoms with Crippen molar-refractivity contribution in [1.82, 2.24) is 10.6 Å². The Hall–Kier alpha value is -3.79. The number of esters is 1. The van der Waals surface area contributed by atoms with Crippen LogP contribution >= 0.6 is 0 Å². The van der Waals surface area contributed by atoms with Gasteiger partial charge in [0.2, 0.25) is 0 Å². The van der Waals surface area contributed by atoms with Crippen LogP contribution in [0.1, 0.15) is 24.0 Å². The van der Waals surface area contributed by atoms with Gasteiger partial charge in [-0.25, -0.2) is 4.79 Å². The van der Waals surface area contributed by atoms with E-state index in [1.165, 1.54) is 30.5 Å². The Balaban J connectivity index is 1.75. The fourth-order valence-corrected chi connectivity index (χ4v) is 3.46. The topological polar surface area (TPSA) is 103 Å². The van der Waals surface area contributed by atoms with Crippen LogP contribution in [0, 0.1) is 10.1 Å². The number of benzene rings is 2. The number of dihydropyridines is 1. The molecule has 0 amide bonds. The van der Waals surface area contributed by atoms with Crippen LogP contribution in [0.5, 0.6) is 5.75 Å². The number of nitro groups is 1. The maximum atomic E-state index is 12.9. The molecular formula is C23H23F2N3O5. The van der Waals surface area contributed by atoms with Gasteiger partial charge < -0.3 is 14.8 Å². The lowest BCUT2D eigenvalue weighted by Crippen LogP contribution is -2.35. The quantitative estimate of drug-likeness (QED) is 0.242. The summed E-state index contributed by atoms with van der Waals surface area (Å²) in [6, 6.07) is 15.4. The third-order valence-corrected chi connectivity index (χ3v) is 4.94. The zero-order valence-electron chi connectivity index (χ0n) is 17.7. The lowest BCUT2D eigenvalue weighted by Gasteiger charge is -2.24. The molecule has 0 aromatic heterocycles. The largest absolute Gasteiger partial charge is 0.443 e. The first-order valence-electron chi connectivity index (χ1n) is 10.2. The summed E-state index contributed by atoms with van der Waals surface area (Å²) < 4.78 is 35.8. The van der Waals surface area contributed by atoms with E-state index in [1.54, 1.807) is 6.92 Å². The molecule has 8 nitrogen and oxygen atoms in total. The average Bonchev–Trinajstić information content (AvgIpc) is 2.79. The zero-order chi connectivity index (χ0) is 23.8. The number of rotatable bonds is 10. The molecular weight excluding hydrogens is 436 g/mol. The Morgan fingerprint density at radius 2 is 1.85 bits per heavy atom. The molecule has 0 aliphatic carbocycles. The van der Waals surface area contributed by atoms with Crippen LogP contribution in [-0.2, 0) is 16.0 Å². The molecule has 2 aromatic rings. The normalized spacial score (nSPS) is 16.3. The number of carbonyl (C=O) groups is 1. The Morgan fingerprint density at radius 3 is 2.55 bits per heavy atom. The van der Waals surface area contributed by atoms with E-state index >= 15 is 0 Å². The Bertz CT molecular complexity index is 1040. The molecule has 2 aromatic carbocycles. The fourth-order valence-electron chi connectivity index (χ4n) is 3.46. The number of alkyl halides is 2. The van der Waals surface area contributed by atoms with Gasteiger partial charge in [-0.2, -0.15) is 8.78 Å². The summed E-state index contributed by atoms with van der Waals surface area (Å²) in [6.07, 6.45) is 2.38. The highest BCUT2D eigenvalue weighted by molar-refractivity contribution is 5.91. The van der Waals surface area contributed by atoms with Crippen molar-refractivity contribution in [2.45, 2.75) is 32.1 Å². The molecule has 0 saturated heterocycles. The molecule has 1 aliphatic heterocycles. The highest BCUT2D eigenvalue weighted by atomic mass is 19.3. The number of hydrogen-bond acceptors (Lipinski definition) is 7. The average molecular weight is 459 g/mol. The van der Waals surface area contributed by atoms with Crippen molar-refractivity contribution in [2.24, 2.45) is 0 Å². The third-order valence-electron chi connectivity index (χ3n) is 4.94. The van der Waals surface area contributed by atoms with Gasteiger partial charge in [0, 0.05) is 18.3 Å². The smallest absolute Gasteiger partial charge is 0.387 e. The van der Waals surface area contributed by atoms with Crippen LogP contribution in [0.15, 0.2) is 78.3 Å². The molecule has 2 unspecified atom stereocenters. The van der Waals surface area contributed by atoms with E-state index in [-0.39, 0.29) is 16.9 Å². The minimum Gasteiger partial charge on any atom is -0.443 e. The van der Waals surface area contributed by atoms with E-state index in [0.717, 1.165) is 11.8 Å². The van der Waals surface area contributed by atoms with E-state index in [0.29, 0.717) is 13.0 Å². The molecule has 0 radical (unpaired) electrons. The van der Waals surface area contributed by atoms with Crippen LogP contribution in [0.2, 0.25) is 0 Å². The molecule has 2 atom stereocenters. The Morgan fingerprint density at radius 1 is 1.15 bits per heavy atom. The van der Waals surface area contributed by atoms with E-state index in [2.05, 4.69) is 15.4 Å². The standard InChI is InChI=1S/C23H23F2N3O5/c1-15(27-12-11-16-7-3-2-4-8-16)32-22(29)18-13-26-14-19(28(30)31)21(18)17-9-5-6-10-20(17)33-23(24)25/h2-10,13-15,21,23,26-27H,11-12H2,1H3. The summed E-state index contributed by atoms with van der Waals surface area (Å²) in [5.74, 6) is -2.35. The summed E-state index contributed by atoms with van der Waals surface area (Å²) in [5.41, 5.74) is 0.653. The highest BCUT2D eigenvalue weighted by Gasteiger charge is 2.39. The van der Waals surface area contributed by atoms with Crippen molar-refractivity contribution in [3.8, 4) is 5.75 Å². The Labute approximate surface area is 189 Å². The maximum Gasteiger partial charge on any atom is 0.387 e. The highest BCUT2D eigenvalue weighted by Crippen LogP contribution is 2.39. The van der Waals surface area contributed by atoms with Crippen LogP contribution < -0.4 is 15.4 Å². The van der Waals surface area contributed by atoms with Gasteiger partial charge >= 0.3 is 12.6 Å². The second-order valence-electron chi connectivity index (χ2n) is 7.18. The predicted molar refractivity (Wildman–Crippen MR) is 116 cm³/mol. The third kappa shape index (κ3) is 6.36. The molecule has 1 aliphatic rings. The predicted octanol–water partition coefficient (Wildman–Crippen LogP) is 3.70. The van der Waals surface area contributed by atoms with Crippen molar-refractivity contribution in [2.75, 3.05) is 6.54 Å². The van der Waals surface area contributed by atoms with Crippen molar-refractivity contribution in [3.05, 3.63) is 99.5 Å². The van der Waals surface area contributed by atoms with Crippen LogP contribution in [-0.4, -0.2) is 30.3 Å². The minimum absolute atomic E-state index is 0.0511. The SMILES string of the molecule is CC(NCCc1ccccc1)OC(=O)C1=CNC=C([N+](=O)[O-])C1c1ccccc1OC(F)F.